The molecule has 57 heavy (non-hydrogen) atoms. The van der Waals surface area contributed by atoms with Crippen molar-refractivity contribution in [3.05, 3.63) is 170 Å². The van der Waals surface area contributed by atoms with Crippen LogP contribution in [0.15, 0.2) is 179 Å². The van der Waals surface area contributed by atoms with Crippen LogP contribution in [0.5, 0.6) is 11.5 Å². The molecule has 0 aliphatic heterocycles. The van der Waals surface area contributed by atoms with Gasteiger partial charge in [0.05, 0.1) is 22.5 Å². The number of benzene rings is 8. The van der Waals surface area contributed by atoms with Gasteiger partial charge in [-0.05, 0) is 105 Å². The van der Waals surface area contributed by atoms with Crippen LogP contribution in [0.3, 0.4) is 0 Å². The van der Waals surface area contributed by atoms with Gasteiger partial charge in [0.2, 0.25) is 0 Å². The van der Waals surface area contributed by atoms with Gasteiger partial charge in [0.15, 0.2) is 0 Å². The Bertz CT molecular complexity index is 3270. The van der Waals surface area contributed by atoms with Gasteiger partial charge in [-0.15, -0.1) is 0 Å². The average molecular weight is 788 g/mol. The molecule has 4 aromatic heterocycles. The molecule has 266 valence electrons. The molecule has 0 spiro atoms. The van der Waals surface area contributed by atoms with Gasteiger partial charge in [-0.25, -0.2) is 0 Å². The molecule has 0 saturated carbocycles. The minimum atomic E-state index is 0. The second-order valence-corrected chi connectivity index (χ2v) is 14.0. The first-order chi connectivity index (χ1) is 27.6. The van der Waals surface area contributed by atoms with Crippen LogP contribution in [0.4, 0.5) is 0 Å². The van der Waals surface area contributed by atoms with Crippen molar-refractivity contribution in [2.75, 3.05) is 0 Å². The number of hydrogen-bond donors (Lipinski definition) is 2. The summed E-state index contributed by atoms with van der Waals surface area (Å²) in [4.78, 5) is 8.83. The number of fused-ring (bicyclic) bond motifs is 14. The first-order valence-corrected chi connectivity index (χ1v) is 18.4. The van der Waals surface area contributed by atoms with E-state index in [9.17, 15) is 10.2 Å². The molecule has 0 amide bonds. The molecule has 0 saturated heterocycles. The van der Waals surface area contributed by atoms with Gasteiger partial charge in [0.25, 0.3) is 0 Å². The molecular formula is C50H30N2O4Zn. The monoisotopic (exact) mass is 786 g/mol. The topological polar surface area (TPSA) is 92.5 Å². The summed E-state index contributed by atoms with van der Waals surface area (Å²) in [6.07, 6.45) is 3.44. The zero-order valence-electron chi connectivity index (χ0n) is 30.5. The SMILES string of the molecule is Oc1ccc2c(oc3c2ccc2c4ccccc4ccc23)c1-c1ccccn1.Oc1ccc2c(oc3c2ccc2c4ccccc4ccc23)c1-c1ccccn1.[Zn]. The Morgan fingerprint density at radius 2 is 0.667 bits per heavy atom. The maximum Gasteiger partial charge on any atom is 0.148 e. The number of pyridine rings is 2. The zero-order chi connectivity index (χ0) is 37.3. The third-order valence-electron chi connectivity index (χ3n) is 10.9. The molecular weight excluding hydrogens is 758 g/mol. The molecule has 0 radical (unpaired) electrons. The third-order valence-corrected chi connectivity index (χ3v) is 10.9. The predicted molar refractivity (Wildman–Crippen MR) is 227 cm³/mol. The molecule has 2 N–H and O–H groups in total. The van der Waals surface area contributed by atoms with E-state index >= 15 is 0 Å². The van der Waals surface area contributed by atoms with Crippen molar-refractivity contribution in [3.8, 4) is 34.0 Å². The Morgan fingerprint density at radius 1 is 0.316 bits per heavy atom. The third kappa shape index (κ3) is 5.42. The quantitative estimate of drug-likeness (QED) is 0.134. The molecule has 0 unspecified atom stereocenters. The minimum Gasteiger partial charge on any atom is -0.507 e. The van der Waals surface area contributed by atoms with Crippen molar-refractivity contribution in [3.63, 3.8) is 0 Å². The standard InChI is InChI=1S/2C25H15NO2.Zn/c2*27-22-13-12-20-19-11-10-17-16-6-2-1-5-15(16)8-9-18(17)24(19)28-25(20)23(22)21-7-3-4-14-26-21;/h2*1-14,27H;. The van der Waals surface area contributed by atoms with Crippen LogP contribution in [-0.4, -0.2) is 20.2 Å². The Hall–Kier alpha value is -7.08. The number of aromatic hydroxyl groups is 2. The molecule has 7 heteroatoms. The van der Waals surface area contributed by atoms with Gasteiger partial charge in [-0.3, -0.25) is 9.97 Å². The number of rotatable bonds is 2. The zero-order valence-corrected chi connectivity index (χ0v) is 33.4. The van der Waals surface area contributed by atoms with Crippen LogP contribution in [0.1, 0.15) is 0 Å². The van der Waals surface area contributed by atoms with Gasteiger partial charge in [0, 0.05) is 64.2 Å². The first kappa shape index (κ1) is 34.4. The molecule has 0 fully saturated rings. The summed E-state index contributed by atoms with van der Waals surface area (Å²) in [5.74, 6) is 0.333. The minimum absolute atomic E-state index is 0. The van der Waals surface area contributed by atoms with Crippen LogP contribution >= 0.6 is 0 Å². The maximum atomic E-state index is 10.5. The van der Waals surface area contributed by atoms with Gasteiger partial charge in [-0.2, -0.15) is 0 Å². The average Bonchev–Trinajstić information content (AvgIpc) is 3.83. The number of furan rings is 2. The van der Waals surface area contributed by atoms with Gasteiger partial charge >= 0.3 is 0 Å². The summed E-state index contributed by atoms with van der Waals surface area (Å²) in [6.45, 7) is 0. The number of hydrogen-bond acceptors (Lipinski definition) is 6. The fourth-order valence-electron chi connectivity index (χ4n) is 8.27. The summed E-state index contributed by atoms with van der Waals surface area (Å²) in [6, 6.07) is 52.3. The number of phenols is 2. The van der Waals surface area contributed by atoms with Crippen molar-refractivity contribution >= 4 is 87.0 Å². The molecule has 12 aromatic rings. The predicted octanol–water partition coefficient (Wildman–Crippen LogP) is 13.3. The van der Waals surface area contributed by atoms with E-state index in [4.69, 9.17) is 8.83 Å². The molecule has 0 aliphatic rings. The van der Waals surface area contributed by atoms with E-state index < -0.39 is 0 Å². The maximum absolute atomic E-state index is 10.5. The summed E-state index contributed by atoms with van der Waals surface area (Å²) in [5, 5.41) is 34.4. The normalized spacial score (nSPS) is 11.5. The van der Waals surface area contributed by atoms with Gasteiger partial charge in [0.1, 0.15) is 33.8 Å². The Kier molecular flexibility index (Phi) is 8.21. The smallest absolute Gasteiger partial charge is 0.148 e. The van der Waals surface area contributed by atoms with Gasteiger partial charge < -0.3 is 19.0 Å². The van der Waals surface area contributed by atoms with E-state index in [2.05, 4.69) is 107 Å². The van der Waals surface area contributed by atoms with Gasteiger partial charge in [-0.1, -0.05) is 84.9 Å². The fourth-order valence-corrected chi connectivity index (χ4v) is 8.27. The molecule has 6 nitrogen and oxygen atoms in total. The summed E-state index contributed by atoms with van der Waals surface area (Å²) < 4.78 is 12.8. The van der Waals surface area contributed by atoms with E-state index in [-0.39, 0.29) is 31.0 Å². The first-order valence-electron chi connectivity index (χ1n) is 18.4. The molecule has 4 heterocycles. The van der Waals surface area contributed by atoms with E-state index in [1.807, 2.05) is 48.5 Å². The molecule has 0 atom stereocenters. The van der Waals surface area contributed by atoms with Crippen LogP contribution in [-0.2, 0) is 19.5 Å². The molecule has 12 rings (SSSR count). The Balaban J connectivity index is 0.000000137. The van der Waals surface area contributed by atoms with Crippen LogP contribution in [0, 0.1) is 0 Å². The van der Waals surface area contributed by atoms with Crippen molar-refractivity contribution in [2.24, 2.45) is 0 Å². The van der Waals surface area contributed by atoms with Crippen LogP contribution < -0.4 is 0 Å². The van der Waals surface area contributed by atoms with Crippen LogP contribution in [0.25, 0.3) is 109 Å². The van der Waals surface area contributed by atoms with Crippen molar-refractivity contribution in [1.29, 1.82) is 0 Å². The molecule has 0 aliphatic carbocycles. The van der Waals surface area contributed by atoms with E-state index in [1.165, 1.54) is 21.5 Å². The van der Waals surface area contributed by atoms with E-state index in [0.717, 1.165) is 54.3 Å². The molecule has 0 bridgehead atoms. The Labute approximate surface area is 338 Å². The van der Waals surface area contributed by atoms with E-state index in [1.54, 1.807) is 24.5 Å². The van der Waals surface area contributed by atoms with Crippen molar-refractivity contribution in [1.82, 2.24) is 9.97 Å². The Morgan fingerprint density at radius 3 is 1.11 bits per heavy atom. The van der Waals surface area contributed by atoms with Crippen molar-refractivity contribution in [2.45, 2.75) is 0 Å². The number of nitrogens with zero attached hydrogens (tertiary/aromatic N) is 2. The summed E-state index contributed by atoms with van der Waals surface area (Å²) in [5.41, 5.74) is 5.64. The second-order valence-electron chi connectivity index (χ2n) is 14.0. The van der Waals surface area contributed by atoms with Crippen LogP contribution in [0.2, 0.25) is 0 Å². The summed E-state index contributed by atoms with van der Waals surface area (Å²) in [7, 11) is 0. The largest absolute Gasteiger partial charge is 0.507 e. The molecule has 8 aromatic carbocycles. The fraction of sp³-hybridized carbons (Fsp3) is 0. The number of aromatic nitrogens is 2. The second kappa shape index (κ2) is 13.6. The van der Waals surface area contributed by atoms with Crippen molar-refractivity contribution < 1.29 is 38.5 Å². The number of phenolic OH excluding ortho intramolecular Hbond substituents is 2. The van der Waals surface area contributed by atoms with E-state index in [0.29, 0.717) is 33.7 Å². The summed E-state index contributed by atoms with van der Waals surface area (Å²) >= 11 is 0.